The van der Waals surface area contributed by atoms with Crippen molar-refractivity contribution in [1.82, 2.24) is 0 Å². The van der Waals surface area contributed by atoms with Gasteiger partial charge in [-0.25, -0.2) is 4.39 Å². The van der Waals surface area contributed by atoms with Crippen molar-refractivity contribution < 1.29 is 4.39 Å². The second kappa shape index (κ2) is 3.32. The highest BCUT2D eigenvalue weighted by Crippen LogP contribution is 2.25. The Hall–Kier alpha value is -0.120. The predicted molar refractivity (Wildman–Crippen MR) is 42.2 cm³/mol. The summed E-state index contributed by atoms with van der Waals surface area (Å²) >= 11 is 6.92. The molecule has 0 saturated heterocycles. The lowest BCUT2D eigenvalue weighted by Gasteiger charge is -2.00. The smallest absolute Gasteiger partial charge is 0.109 e. The standard InChI is InChI=1S/C6H7ClFNS/c7-6-2-1-5(10-6)4(9)3-8/h1-2,4H,3,9H2/t4-/m1/s1. The number of nitrogens with two attached hydrogens (primary N) is 1. The molecule has 1 nitrogen and oxygen atoms in total. The summed E-state index contributed by atoms with van der Waals surface area (Å²) in [5.41, 5.74) is 5.38. The van der Waals surface area contributed by atoms with Gasteiger partial charge in [-0.3, -0.25) is 0 Å². The molecular formula is C6H7ClFNS. The number of alkyl halides is 1. The largest absolute Gasteiger partial charge is 0.321 e. The minimum Gasteiger partial charge on any atom is -0.321 e. The Morgan fingerprint density at radius 1 is 1.70 bits per heavy atom. The molecule has 1 aromatic heterocycles. The molecular weight excluding hydrogens is 173 g/mol. The van der Waals surface area contributed by atoms with Gasteiger partial charge in [0.2, 0.25) is 0 Å². The highest BCUT2D eigenvalue weighted by atomic mass is 35.5. The van der Waals surface area contributed by atoms with Crippen LogP contribution in [-0.4, -0.2) is 6.67 Å². The van der Waals surface area contributed by atoms with Crippen molar-refractivity contribution in [2.24, 2.45) is 5.73 Å². The molecule has 2 N–H and O–H groups in total. The van der Waals surface area contributed by atoms with Gasteiger partial charge >= 0.3 is 0 Å². The van der Waals surface area contributed by atoms with Crippen molar-refractivity contribution in [2.45, 2.75) is 6.04 Å². The van der Waals surface area contributed by atoms with Gasteiger partial charge in [0.15, 0.2) is 0 Å². The lowest BCUT2D eigenvalue weighted by atomic mass is 10.3. The average molecular weight is 180 g/mol. The first-order valence-electron chi connectivity index (χ1n) is 2.81. The van der Waals surface area contributed by atoms with Gasteiger partial charge in [-0.2, -0.15) is 0 Å². The molecule has 0 saturated carbocycles. The van der Waals surface area contributed by atoms with Gasteiger partial charge in [-0.1, -0.05) is 11.6 Å². The summed E-state index contributed by atoms with van der Waals surface area (Å²) in [7, 11) is 0. The number of halogens is 2. The fourth-order valence-electron chi connectivity index (χ4n) is 0.604. The summed E-state index contributed by atoms with van der Waals surface area (Å²) in [5, 5.41) is 0. The Morgan fingerprint density at radius 3 is 2.80 bits per heavy atom. The molecule has 0 aliphatic heterocycles. The molecule has 1 atom stereocenters. The van der Waals surface area contributed by atoms with E-state index in [0.717, 1.165) is 4.88 Å². The molecule has 0 aliphatic carbocycles. The van der Waals surface area contributed by atoms with Gasteiger partial charge in [0.1, 0.15) is 6.67 Å². The molecule has 0 radical (unpaired) electrons. The molecule has 0 spiro atoms. The lowest BCUT2D eigenvalue weighted by Crippen LogP contribution is -2.09. The van der Waals surface area contributed by atoms with E-state index in [1.165, 1.54) is 11.3 Å². The molecule has 56 valence electrons. The van der Waals surface area contributed by atoms with Crippen LogP contribution < -0.4 is 5.73 Å². The molecule has 1 heterocycles. The predicted octanol–water partition coefficient (Wildman–Crippen LogP) is 2.37. The monoisotopic (exact) mass is 179 g/mol. The van der Waals surface area contributed by atoms with Crippen LogP contribution >= 0.6 is 22.9 Å². The van der Waals surface area contributed by atoms with Crippen LogP contribution in [0.25, 0.3) is 0 Å². The molecule has 0 amide bonds. The van der Waals surface area contributed by atoms with Crippen molar-refractivity contribution in [3.8, 4) is 0 Å². The Bertz CT molecular complexity index is 213. The Kier molecular flexibility index (Phi) is 2.65. The van der Waals surface area contributed by atoms with E-state index in [-0.39, 0.29) is 0 Å². The molecule has 0 aliphatic rings. The molecule has 0 aromatic carbocycles. The number of hydrogen-bond acceptors (Lipinski definition) is 2. The first-order valence-corrected chi connectivity index (χ1v) is 4.00. The van der Waals surface area contributed by atoms with Crippen LogP contribution in [0.2, 0.25) is 4.34 Å². The summed E-state index contributed by atoms with van der Waals surface area (Å²) in [5.74, 6) is 0. The van der Waals surface area contributed by atoms with Crippen LogP contribution in [0.4, 0.5) is 4.39 Å². The van der Waals surface area contributed by atoms with E-state index < -0.39 is 12.7 Å². The van der Waals surface area contributed by atoms with Crippen molar-refractivity contribution >= 4 is 22.9 Å². The molecule has 0 bridgehead atoms. The second-order valence-electron chi connectivity index (χ2n) is 1.90. The zero-order chi connectivity index (χ0) is 7.56. The minimum absolute atomic E-state index is 0.502. The molecule has 1 rings (SSSR count). The maximum atomic E-state index is 11.9. The average Bonchev–Trinajstić information content (AvgIpc) is 2.34. The summed E-state index contributed by atoms with van der Waals surface area (Å²) < 4.78 is 12.6. The van der Waals surface area contributed by atoms with Crippen LogP contribution in [0.3, 0.4) is 0 Å². The lowest BCUT2D eigenvalue weighted by molar-refractivity contribution is 0.440. The first kappa shape index (κ1) is 7.98. The highest BCUT2D eigenvalue weighted by molar-refractivity contribution is 7.16. The zero-order valence-electron chi connectivity index (χ0n) is 5.18. The normalized spacial score (nSPS) is 13.5. The third-order valence-corrected chi connectivity index (χ3v) is 2.49. The van der Waals surface area contributed by atoms with E-state index in [9.17, 15) is 4.39 Å². The van der Waals surface area contributed by atoms with Gasteiger partial charge in [0.05, 0.1) is 10.4 Å². The maximum absolute atomic E-state index is 11.9. The molecule has 10 heavy (non-hydrogen) atoms. The fourth-order valence-corrected chi connectivity index (χ4v) is 1.65. The number of rotatable bonds is 2. The van der Waals surface area contributed by atoms with Gasteiger partial charge in [0, 0.05) is 4.88 Å². The summed E-state index contributed by atoms with van der Waals surface area (Å²) in [6.45, 7) is -0.531. The van der Waals surface area contributed by atoms with Crippen LogP contribution in [0.1, 0.15) is 10.9 Å². The van der Waals surface area contributed by atoms with Gasteiger partial charge in [-0.15, -0.1) is 11.3 Å². The molecule has 4 heteroatoms. The molecule has 0 unspecified atom stereocenters. The Balaban J connectivity index is 2.74. The van der Waals surface area contributed by atoms with Gasteiger partial charge < -0.3 is 5.73 Å². The number of hydrogen-bond donors (Lipinski definition) is 1. The van der Waals surface area contributed by atoms with Crippen LogP contribution in [0.15, 0.2) is 12.1 Å². The van der Waals surface area contributed by atoms with Crippen molar-refractivity contribution in [3.05, 3.63) is 21.3 Å². The number of thiophene rings is 1. The van der Waals surface area contributed by atoms with Crippen LogP contribution in [0.5, 0.6) is 0 Å². The van der Waals surface area contributed by atoms with Gasteiger partial charge in [-0.05, 0) is 12.1 Å². The highest BCUT2D eigenvalue weighted by Gasteiger charge is 2.06. The van der Waals surface area contributed by atoms with E-state index in [1.807, 2.05) is 0 Å². The van der Waals surface area contributed by atoms with E-state index in [4.69, 9.17) is 17.3 Å². The summed E-state index contributed by atoms with van der Waals surface area (Å²) in [4.78, 5) is 0.799. The van der Waals surface area contributed by atoms with E-state index in [1.54, 1.807) is 12.1 Å². The van der Waals surface area contributed by atoms with Crippen molar-refractivity contribution in [2.75, 3.05) is 6.67 Å². The zero-order valence-corrected chi connectivity index (χ0v) is 6.75. The maximum Gasteiger partial charge on any atom is 0.109 e. The SMILES string of the molecule is N[C@H](CF)c1ccc(Cl)s1. The third-order valence-electron chi connectivity index (χ3n) is 1.13. The Morgan fingerprint density at radius 2 is 2.40 bits per heavy atom. The van der Waals surface area contributed by atoms with Crippen LogP contribution in [0, 0.1) is 0 Å². The summed E-state index contributed by atoms with van der Waals surface area (Å²) in [6.07, 6.45) is 0. The molecule has 1 aromatic rings. The first-order chi connectivity index (χ1) is 4.74. The van der Waals surface area contributed by atoms with Crippen molar-refractivity contribution in [1.29, 1.82) is 0 Å². The topological polar surface area (TPSA) is 26.0 Å². The molecule has 0 fully saturated rings. The Labute approximate surface area is 67.6 Å². The van der Waals surface area contributed by atoms with Crippen molar-refractivity contribution in [3.63, 3.8) is 0 Å². The second-order valence-corrected chi connectivity index (χ2v) is 3.65. The van der Waals surface area contributed by atoms with Crippen LogP contribution in [-0.2, 0) is 0 Å². The van der Waals surface area contributed by atoms with E-state index in [0.29, 0.717) is 4.34 Å². The third kappa shape index (κ3) is 1.68. The summed E-state index contributed by atoms with van der Waals surface area (Å²) in [6, 6.07) is 2.96. The minimum atomic E-state index is -0.531. The van der Waals surface area contributed by atoms with E-state index >= 15 is 0 Å². The fraction of sp³-hybridized carbons (Fsp3) is 0.333. The van der Waals surface area contributed by atoms with E-state index in [2.05, 4.69) is 0 Å². The van der Waals surface area contributed by atoms with Gasteiger partial charge in [0.25, 0.3) is 0 Å². The quantitative estimate of drug-likeness (QED) is 0.741.